The van der Waals surface area contributed by atoms with Gasteiger partial charge in [0.15, 0.2) is 6.29 Å². The summed E-state index contributed by atoms with van der Waals surface area (Å²) in [5.74, 6) is 0.949. The normalized spacial score (nSPS) is 16.5. The first-order valence-corrected chi connectivity index (χ1v) is 5.73. The molecule has 1 fully saturated rings. The van der Waals surface area contributed by atoms with Crippen molar-refractivity contribution >= 4 is 0 Å². The zero-order valence-corrected chi connectivity index (χ0v) is 9.45. The highest BCUT2D eigenvalue weighted by molar-refractivity contribution is 5.55. The van der Waals surface area contributed by atoms with E-state index in [0.29, 0.717) is 19.8 Å². The average Bonchev–Trinajstić information content (AvgIpc) is 3.02. The Morgan fingerprint density at radius 3 is 2.71 bits per heavy atom. The molecule has 0 spiro atoms. The Balaban J connectivity index is 1.84. The van der Waals surface area contributed by atoms with Crippen molar-refractivity contribution in [2.24, 2.45) is 0 Å². The first-order valence-electron chi connectivity index (χ1n) is 5.73. The number of aromatic nitrogens is 2. The molecular formula is C13H14N2O2. The van der Waals surface area contributed by atoms with Crippen LogP contribution in [0.4, 0.5) is 0 Å². The quantitative estimate of drug-likeness (QED) is 0.808. The van der Waals surface area contributed by atoms with E-state index < -0.39 is 0 Å². The molecule has 0 aliphatic carbocycles. The van der Waals surface area contributed by atoms with Crippen molar-refractivity contribution < 1.29 is 9.47 Å². The van der Waals surface area contributed by atoms with Crippen molar-refractivity contribution in [3.8, 4) is 11.4 Å². The van der Waals surface area contributed by atoms with Gasteiger partial charge in [-0.05, 0) is 0 Å². The summed E-state index contributed by atoms with van der Waals surface area (Å²) in [4.78, 5) is 4.38. The molecule has 0 N–H and O–H groups in total. The Bertz CT molecular complexity index is 475. The van der Waals surface area contributed by atoms with Crippen LogP contribution < -0.4 is 0 Å². The molecule has 1 aliphatic heterocycles. The van der Waals surface area contributed by atoms with Gasteiger partial charge in [-0.2, -0.15) is 0 Å². The SMILES string of the molecule is c1ccc(-c2nccn2CC2OCCO2)cc1. The summed E-state index contributed by atoms with van der Waals surface area (Å²) >= 11 is 0. The molecule has 88 valence electrons. The molecule has 1 aromatic carbocycles. The van der Waals surface area contributed by atoms with Gasteiger partial charge in [0.1, 0.15) is 5.82 Å². The maximum absolute atomic E-state index is 5.45. The zero-order valence-electron chi connectivity index (χ0n) is 9.45. The highest BCUT2D eigenvalue weighted by Crippen LogP contribution is 2.18. The third-order valence-electron chi connectivity index (χ3n) is 2.78. The predicted molar refractivity (Wildman–Crippen MR) is 63.4 cm³/mol. The van der Waals surface area contributed by atoms with E-state index >= 15 is 0 Å². The maximum atomic E-state index is 5.45. The van der Waals surface area contributed by atoms with Crippen LogP contribution in [0.15, 0.2) is 42.7 Å². The topological polar surface area (TPSA) is 36.3 Å². The number of benzene rings is 1. The molecule has 0 bridgehead atoms. The summed E-state index contributed by atoms with van der Waals surface area (Å²) in [7, 11) is 0. The highest BCUT2D eigenvalue weighted by Gasteiger charge is 2.17. The molecule has 0 unspecified atom stereocenters. The van der Waals surface area contributed by atoms with Gasteiger partial charge in [0.2, 0.25) is 0 Å². The Morgan fingerprint density at radius 2 is 1.94 bits per heavy atom. The number of nitrogens with zero attached hydrogens (tertiary/aromatic N) is 2. The molecule has 17 heavy (non-hydrogen) atoms. The van der Waals surface area contributed by atoms with Gasteiger partial charge in [-0.3, -0.25) is 0 Å². The van der Waals surface area contributed by atoms with E-state index in [0.717, 1.165) is 11.4 Å². The molecule has 0 atom stereocenters. The van der Waals surface area contributed by atoms with Crippen LogP contribution in [0.2, 0.25) is 0 Å². The van der Waals surface area contributed by atoms with E-state index in [2.05, 4.69) is 21.7 Å². The van der Waals surface area contributed by atoms with Crippen LogP contribution in [-0.4, -0.2) is 29.1 Å². The minimum Gasteiger partial charge on any atom is -0.348 e. The van der Waals surface area contributed by atoms with Gasteiger partial charge in [-0.15, -0.1) is 0 Å². The van der Waals surface area contributed by atoms with Gasteiger partial charge >= 0.3 is 0 Å². The highest BCUT2D eigenvalue weighted by atomic mass is 16.7. The van der Waals surface area contributed by atoms with Gasteiger partial charge < -0.3 is 14.0 Å². The number of ether oxygens (including phenoxy) is 2. The average molecular weight is 230 g/mol. The van der Waals surface area contributed by atoms with E-state index in [1.807, 2.05) is 24.4 Å². The summed E-state index contributed by atoms with van der Waals surface area (Å²) < 4.78 is 13.0. The minimum atomic E-state index is -0.147. The molecule has 0 radical (unpaired) electrons. The minimum absolute atomic E-state index is 0.147. The van der Waals surface area contributed by atoms with Crippen molar-refractivity contribution in [1.29, 1.82) is 0 Å². The maximum Gasteiger partial charge on any atom is 0.175 e. The molecule has 4 nitrogen and oxygen atoms in total. The van der Waals surface area contributed by atoms with Crippen LogP contribution in [-0.2, 0) is 16.0 Å². The lowest BCUT2D eigenvalue weighted by Crippen LogP contribution is -2.17. The molecule has 1 saturated heterocycles. The monoisotopic (exact) mass is 230 g/mol. The Morgan fingerprint density at radius 1 is 1.18 bits per heavy atom. The van der Waals surface area contributed by atoms with Gasteiger partial charge in [-0.1, -0.05) is 30.3 Å². The second-order valence-corrected chi connectivity index (χ2v) is 3.94. The third kappa shape index (κ3) is 2.23. The van der Waals surface area contributed by atoms with E-state index in [-0.39, 0.29) is 6.29 Å². The van der Waals surface area contributed by atoms with Gasteiger partial charge in [-0.25, -0.2) is 4.98 Å². The smallest absolute Gasteiger partial charge is 0.175 e. The standard InChI is InChI=1S/C13H14N2O2/c1-2-4-11(5-3-1)13-14-6-7-15(13)10-12-16-8-9-17-12/h1-7,12H,8-10H2. The summed E-state index contributed by atoms with van der Waals surface area (Å²) in [6.07, 6.45) is 3.61. The Kier molecular flexibility index (Phi) is 2.90. The fourth-order valence-corrected chi connectivity index (χ4v) is 1.98. The van der Waals surface area contributed by atoms with Crippen LogP contribution in [0.1, 0.15) is 0 Å². The van der Waals surface area contributed by atoms with Crippen molar-refractivity contribution in [3.05, 3.63) is 42.7 Å². The van der Waals surface area contributed by atoms with Gasteiger partial charge in [0, 0.05) is 18.0 Å². The second kappa shape index (κ2) is 4.69. The second-order valence-electron chi connectivity index (χ2n) is 3.94. The van der Waals surface area contributed by atoms with Crippen molar-refractivity contribution in [2.45, 2.75) is 12.8 Å². The fourth-order valence-electron chi connectivity index (χ4n) is 1.98. The third-order valence-corrected chi connectivity index (χ3v) is 2.78. The number of hydrogen-bond donors (Lipinski definition) is 0. The number of imidazole rings is 1. The van der Waals surface area contributed by atoms with E-state index in [4.69, 9.17) is 9.47 Å². The van der Waals surface area contributed by atoms with Gasteiger partial charge in [0.05, 0.1) is 19.8 Å². The molecule has 4 heteroatoms. The Labute approximate surface area is 99.8 Å². The number of hydrogen-bond acceptors (Lipinski definition) is 3. The lowest BCUT2D eigenvalue weighted by atomic mass is 10.2. The predicted octanol–water partition coefficient (Wildman–Crippen LogP) is 1.92. The summed E-state index contributed by atoms with van der Waals surface area (Å²) in [5.41, 5.74) is 1.11. The summed E-state index contributed by atoms with van der Waals surface area (Å²) in [6, 6.07) is 10.1. The van der Waals surface area contributed by atoms with Crippen LogP contribution >= 0.6 is 0 Å². The van der Waals surface area contributed by atoms with E-state index in [1.54, 1.807) is 6.20 Å². The van der Waals surface area contributed by atoms with E-state index in [1.165, 1.54) is 0 Å². The molecule has 2 aromatic rings. The molecule has 2 heterocycles. The largest absolute Gasteiger partial charge is 0.348 e. The summed E-state index contributed by atoms with van der Waals surface area (Å²) in [6.45, 7) is 2.05. The molecular weight excluding hydrogens is 216 g/mol. The van der Waals surface area contributed by atoms with Crippen molar-refractivity contribution in [3.63, 3.8) is 0 Å². The van der Waals surface area contributed by atoms with Gasteiger partial charge in [0.25, 0.3) is 0 Å². The van der Waals surface area contributed by atoms with Crippen LogP contribution in [0.5, 0.6) is 0 Å². The first kappa shape index (κ1) is 10.5. The van der Waals surface area contributed by atoms with E-state index in [9.17, 15) is 0 Å². The molecule has 1 aromatic heterocycles. The molecule has 0 amide bonds. The zero-order chi connectivity index (χ0) is 11.5. The fraction of sp³-hybridized carbons (Fsp3) is 0.308. The molecule has 1 aliphatic rings. The Hall–Kier alpha value is -1.65. The van der Waals surface area contributed by atoms with Crippen LogP contribution in [0.25, 0.3) is 11.4 Å². The number of rotatable bonds is 3. The molecule has 0 saturated carbocycles. The van der Waals surface area contributed by atoms with Crippen molar-refractivity contribution in [1.82, 2.24) is 9.55 Å². The van der Waals surface area contributed by atoms with Crippen LogP contribution in [0, 0.1) is 0 Å². The lowest BCUT2D eigenvalue weighted by Gasteiger charge is -2.12. The summed E-state index contributed by atoms with van der Waals surface area (Å²) in [5, 5.41) is 0. The first-order chi connectivity index (χ1) is 8.43. The lowest BCUT2D eigenvalue weighted by molar-refractivity contribution is -0.0521. The van der Waals surface area contributed by atoms with Crippen molar-refractivity contribution in [2.75, 3.05) is 13.2 Å². The van der Waals surface area contributed by atoms with Crippen LogP contribution in [0.3, 0.4) is 0 Å². The molecule has 3 rings (SSSR count).